The lowest BCUT2D eigenvalue weighted by Crippen LogP contribution is -3.00. The normalized spacial score (nSPS) is 10.5. The highest BCUT2D eigenvalue weighted by Gasteiger charge is 2.01. The summed E-state index contributed by atoms with van der Waals surface area (Å²) in [7, 11) is 6.49. The average molecular weight is 156 g/mol. The van der Waals surface area contributed by atoms with E-state index in [1.54, 1.807) is 0 Å². The summed E-state index contributed by atoms with van der Waals surface area (Å²) in [6, 6.07) is 0. The molecule has 8 heavy (non-hydrogen) atoms. The van der Waals surface area contributed by atoms with Crippen LogP contribution in [0.3, 0.4) is 0 Å². The zero-order valence-electron chi connectivity index (χ0n) is 5.69. The van der Waals surface area contributed by atoms with Gasteiger partial charge in [0.15, 0.2) is 0 Å². The van der Waals surface area contributed by atoms with Crippen LogP contribution >= 0.6 is 12.6 Å². The average Bonchev–Trinajstić information content (AvgIpc) is 1.30. The van der Waals surface area contributed by atoms with Crippen molar-refractivity contribution in [3.05, 3.63) is 0 Å². The van der Waals surface area contributed by atoms with Crippen molar-refractivity contribution in [2.24, 2.45) is 0 Å². The molecule has 52 valence electrons. The van der Waals surface area contributed by atoms with Crippen molar-refractivity contribution in [3.63, 3.8) is 0 Å². The molecule has 0 aliphatic rings. The molecule has 0 saturated carbocycles. The fourth-order valence-corrected chi connectivity index (χ4v) is 0.900. The van der Waals surface area contributed by atoms with Crippen LogP contribution < -0.4 is 12.4 Å². The Morgan fingerprint density at radius 1 is 1.25 bits per heavy atom. The first-order chi connectivity index (χ1) is 3.06. The monoisotopic (exact) mass is 155 g/mol. The lowest BCUT2D eigenvalue weighted by atomic mass is 10.6. The summed E-state index contributed by atoms with van der Waals surface area (Å²) in [6.45, 7) is 1.14. The largest absolute Gasteiger partial charge is 1.00 e. The van der Waals surface area contributed by atoms with E-state index in [0.717, 1.165) is 16.8 Å². The first kappa shape index (κ1) is 11.4. The van der Waals surface area contributed by atoms with Gasteiger partial charge in [0.2, 0.25) is 0 Å². The van der Waals surface area contributed by atoms with Gasteiger partial charge in [-0.2, -0.15) is 12.6 Å². The Labute approximate surface area is 63.5 Å². The van der Waals surface area contributed by atoms with Crippen molar-refractivity contribution >= 4 is 12.6 Å². The Bertz CT molecular complexity index is 50.9. The zero-order chi connectivity index (χ0) is 5.91. The fourth-order valence-electron chi connectivity index (χ4n) is 0.300. The number of rotatable bonds is 2. The summed E-state index contributed by atoms with van der Waals surface area (Å²) in [5, 5.41) is 0. The first-order valence-electron chi connectivity index (χ1n) is 2.47. The van der Waals surface area contributed by atoms with Crippen LogP contribution in [0.4, 0.5) is 0 Å². The highest BCUT2D eigenvalue weighted by molar-refractivity contribution is 7.80. The van der Waals surface area contributed by atoms with E-state index < -0.39 is 0 Å². The van der Waals surface area contributed by atoms with Crippen LogP contribution in [0.1, 0.15) is 0 Å². The minimum absolute atomic E-state index is 0. The SMILES string of the molecule is C[N+](C)(C)CCS.[Cl-]. The van der Waals surface area contributed by atoms with Crippen molar-refractivity contribution in [2.45, 2.75) is 0 Å². The van der Waals surface area contributed by atoms with Crippen LogP contribution in [0.5, 0.6) is 0 Å². The second kappa shape index (κ2) is 4.48. The molecular formula is C5H14ClNS. The second-order valence-corrected chi connectivity index (χ2v) is 3.18. The van der Waals surface area contributed by atoms with Gasteiger partial charge >= 0.3 is 0 Å². The van der Waals surface area contributed by atoms with Crippen molar-refractivity contribution in [1.29, 1.82) is 0 Å². The molecule has 0 aromatic rings. The standard InChI is InChI=1S/C5H13NS.ClH/c1-6(2,3)4-5-7;/h4-5H2,1-3H3;1H. The Morgan fingerprint density at radius 2 is 1.62 bits per heavy atom. The summed E-state index contributed by atoms with van der Waals surface area (Å²) in [5.41, 5.74) is 0. The molecule has 0 bridgehead atoms. The maximum Gasteiger partial charge on any atom is 0.0869 e. The smallest absolute Gasteiger partial charge is 0.0869 e. The number of hydrogen-bond donors (Lipinski definition) is 1. The molecule has 0 atom stereocenters. The molecule has 0 spiro atoms. The Kier molecular flexibility index (Phi) is 6.38. The Morgan fingerprint density at radius 3 is 1.62 bits per heavy atom. The molecule has 0 radical (unpaired) electrons. The maximum atomic E-state index is 4.10. The molecule has 0 aromatic carbocycles. The van der Waals surface area contributed by atoms with Gasteiger partial charge in [0.25, 0.3) is 0 Å². The minimum Gasteiger partial charge on any atom is -1.00 e. The van der Waals surface area contributed by atoms with E-state index in [0.29, 0.717) is 0 Å². The molecule has 0 aliphatic carbocycles. The van der Waals surface area contributed by atoms with Gasteiger partial charge in [-0.25, -0.2) is 0 Å². The van der Waals surface area contributed by atoms with E-state index in [4.69, 9.17) is 0 Å². The van der Waals surface area contributed by atoms with E-state index in [1.165, 1.54) is 0 Å². The second-order valence-electron chi connectivity index (χ2n) is 2.74. The molecule has 3 heteroatoms. The number of nitrogens with zero attached hydrogens (tertiary/aromatic N) is 1. The quantitative estimate of drug-likeness (QED) is 0.335. The predicted molar refractivity (Wildman–Crippen MR) is 36.8 cm³/mol. The van der Waals surface area contributed by atoms with Gasteiger partial charge in [0, 0.05) is 5.75 Å². The Balaban J connectivity index is 0. The predicted octanol–water partition coefficient (Wildman–Crippen LogP) is -2.37. The van der Waals surface area contributed by atoms with E-state index in [-0.39, 0.29) is 12.4 Å². The number of halogens is 1. The summed E-state index contributed by atoms with van der Waals surface area (Å²) < 4.78 is 1.02. The van der Waals surface area contributed by atoms with Crippen molar-refractivity contribution in [3.8, 4) is 0 Å². The van der Waals surface area contributed by atoms with Crippen molar-refractivity contribution in [2.75, 3.05) is 33.4 Å². The van der Waals surface area contributed by atoms with Gasteiger partial charge in [0.1, 0.15) is 0 Å². The van der Waals surface area contributed by atoms with Gasteiger partial charge < -0.3 is 16.9 Å². The third kappa shape index (κ3) is 9.78. The molecule has 1 nitrogen and oxygen atoms in total. The van der Waals surface area contributed by atoms with Gasteiger partial charge in [-0.15, -0.1) is 0 Å². The van der Waals surface area contributed by atoms with E-state index in [1.807, 2.05) is 0 Å². The molecule has 0 fully saturated rings. The Hall–Kier alpha value is 0.600. The third-order valence-electron chi connectivity index (χ3n) is 0.771. The highest BCUT2D eigenvalue weighted by Crippen LogP contribution is 1.88. The van der Waals surface area contributed by atoms with Crippen molar-refractivity contribution in [1.82, 2.24) is 0 Å². The zero-order valence-corrected chi connectivity index (χ0v) is 7.34. The molecule has 0 amide bonds. The van der Waals surface area contributed by atoms with Gasteiger partial charge in [0.05, 0.1) is 27.7 Å². The van der Waals surface area contributed by atoms with Crippen LogP contribution in [0, 0.1) is 0 Å². The molecular weight excluding hydrogens is 142 g/mol. The van der Waals surface area contributed by atoms with Crippen molar-refractivity contribution < 1.29 is 16.9 Å². The van der Waals surface area contributed by atoms with Crippen LogP contribution in [0.2, 0.25) is 0 Å². The fraction of sp³-hybridized carbons (Fsp3) is 1.00. The number of thiol groups is 1. The lowest BCUT2D eigenvalue weighted by Gasteiger charge is -2.22. The molecule has 0 unspecified atom stereocenters. The number of hydrogen-bond acceptors (Lipinski definition) is 1. The van der Waals surface area contributed by atoms with Crippen LogP contribution in [-0.4, -0.2) is 37.9 Å². The minimum atomic E-state index is 0. The van der Waals surface area contributed by atoms with Gasteiger partial charge in [-0.05, 0) is 0 Å². The summed E-state index contributed by atoms with van der Waals surface area (Å²) >= 11 is 4.10. The molecule has 0 aromatic heterocycles. The van der Waals surface area contributed by atoms with Gasteiger partial charge in [-0.3, -0.25) is 0 Å². The summed E-state index contributed by atoms with van der Waals surface area (Å²) in [5.74, 6) is 0.976. The lowest BCUT2D eigenvalue weighted by molar-refractivity contribution is -0.867. The summed E-state index contributed by atoms with van der Waals surface area (Å²) in [4.78, 5) is 0. The molecule has 0 rings (SSSR count). The highest BCUT2D eigenvalue weighted by atomic mass is 35.5. The van der Waals surface area contributed by atoms with E-state index in [2.05, 4.69) is 33.8 Å². The molecule has 0 N–H and O–H groups in total. The van der Waals surface area contributed by atoms with Crippen LogP contribution in [-0.2, 0) is 0 Å². The van der Waals surface area contributed by atoms with E-state index in [9.17, 15) is 0 Å². The van der Waals surface area contributed by atoms with Crippen LogP contribution in [0.15, 0.2) is 0 Å². The maximum absolute atomic E-state index is 4.10. The summed E-state index contributed by atoms with van der Waals surface area (Å²) in [6.07, 6.45) is 0. The van der Waals surface area contributed by atoms with Crippen LogP contribution in [0.25, 0.3) is 0 Å². The molecule has 0 heterocycles. The van der Waals surface area contributed by atoms with E-state index >= 15 is 0 Å². The number of quaternary nitrogens is 1. The molecule has 0 aliphatic heterocycles. The third-order valence-corrected chi connectivity index (χ3v) is 0.971. The molecule has 0 saturated heterocycles. The van der Waals surface area contributed by atoms with Gasteiger partial charge in [-0.1, -0.05) is 0 Å². The first-order valence-corrected chi connectivity index (χ1v) is 3.11. The topological polar surface area (TPSA) is 0 Å².